The topological polar surface area (TPSA) is 72.2 Å². The summed E-state index contributed by atoms with van der Waals surface area (Å²) >= 11 is 4.70. The minimum atomic E-state index is -3.44. The van der Waals surface area contributed by atoms with Gasteiger partial charge in [-0.3, -0.25) is 0 Å². The molecule has 0 unspecified atom stereocenters. The number of nitrogens with one attached hydrogen (secondary N) is 1. The molecule has 1 aliphatic rings. The minimum absolute atomic E-state index is 0.315. The van der Waals surface area contributed by atoms with Crippen molar-refractivity contribution in [1.82, 2.24) is 4.72 Å². The molecule has 2 rings (SSSR count). The van der Waals surface area contributed by atoms with Crippen LogP contribution >= 0.6 is 27.3 Å². The summed E-state index contributed by atoms with van der Waals surface area (Å²) < 4.78 is 28.1. The van der Waals surface area contributed by atoms with Crippen LogP contribution in [0.3, 0.4) is 0 Å². The molecular formula is C14H23BrN2O2S2. The molecular weight excluding hydrogens is 372 g/mol. The van der Waals surface area contributed by atoms with Crippen LogP contribution in [0.15, 0.2) is 14.7 Å². The van der Waals surface area contributed by atoms with Gasteiger partial charge in [0, 0.05) is 18.0 Å². The van der Waals surface area contributed by atoms with E-state index in [-0.39, 0.29) is 0 Å². The molecule has 1 aromatic rings. The van der Waals surface area contributed by atoms with Crippen molar-refractivity contribution in [2.24, 2.45) is 17.6 Å². The van der Waals surface area contributed by atoms with Gasteiger partial charge in [-0.15, -0.1) is 11.3 Å². The van der Waals surface area contributed by atoms with E-state index in [4.69, 9.17) is 5.73 Å². The van der Waals surface area contributed by atoms with Gasteiger partial charge in [-0.2, -0.15) is 0 Å². The number of rotatable bonds is 6. The first-order valence-corrected chi connectivity index (χ1v) is 10.5. The van der Waals surface area contributed by atoms with Crippen molar-refractivity contribution in [3.63, 3.8) is 0 Å². The van der Waals surface area contributed by atoms with Crippen molar-refractivity contribution in [3.05, 3.63) is 14.7 Å². The normalized spacial score (nSPS) is 23.4. The molecule has 120 valence electrons. The first-order chi connectivity index (χ1) is 9.96. The Bertz CT molecular complexity index is 564. The van der Waals surface area contributed by atoms with Gasteiger partial charge in [0.05, 0.1) is 3.79 Å². The van der Waals surface area contributed by atoms with E-state index in [2.05, 4.69) is 27.6 Å². The third-order valence-electron chi connectivity index (χ3n) is 4.30. The second-order valence-corrected chi connectivity index (χ2v) is 9.89. The fourth-order valence-electron chi connectivity index (χ4n) is 2.83. The smallest absolute Gasteiger partial charge is 0.242 e. The molecule has 1 aromatic heterocycles. The van der Waals surface area contributed by atoms with Gasteiger partial charge in [0.25, 0.3) is 0 Å². The van der Waals surface area contributed by atoms with Gasteiger partial charge in [0.2, 0.25) is 10.0 Å². The zero-order chi connectivity index (χ0) is 15.5. The molecule has 7 heteroatoms. The predicted molar refractivity (Wildman–Crippen MR) is 90.8 cm³/mol. The fraction of sp³-hybridized carbons (Fsp3) is 0.714. The molecule has 21 heavy (non-hydrogen) atoms. The van der Waals surface area contributed by atoms with Gasteiger partial charge in [0.15, 0.2) is 0 Å². The maximum absolute atomic E-state index is 12.4. The van der Waals surface area contributed by atoms with E-state index in [0.717, 1.165) is 23.6 Å². The SMILES string of the molecule is CCC1CCC(CNS(=O)(=O)c2cc(CN)sc2Br)CC1. The summed E-state index contributed by atoms with van der Waals surface area (Å²) in [5.74, 6) is 1.30. The summed E-state index contributed by atoms with van der Waals surface area (Å²) in [6.45, 7) is 3.13. The number of halogens is 1. The lowest BCUT2D eigenvalue weighted by Gasteiger charge is -2.27. The van der Waals surface area contributed by atoms with Crippen molar-refractivity contribution in [3.8, 4) is 0 Å². The number of hydrogen-bond acceptors (Lipinski definition) is 4. The van der Waals surface area contributed by atoms with Crippen LogP contribution in [-0.4, -0.2) is 15.0 Å². The third-order valence-corrected chi connectivity index (χ3v) is 8.00. The predicted octanol–water partition coefficient (Wildman–Crippen LogP) is 3.46. The van der Waals surface area contributed by atoms with Gasteiger partial charge in [-0.25, -0.2) is 13.1 Å². The van der Waals surface area contributed by atoms with Crippen LogP contribution in [0.5, 0.6) is 0 Å². The van der Waals surface area contributed by atoms with Crippen molar-refractivity contribution in [2.75, 3.05) is 6.54 Å². The highest BCUT2D eigenvalue weighted by molar-refractivity contribution is 9.11. The van der Waals surface area contributed by atoms with E-state index in [0.29, 0.717) is 27.7 Å². The number of thiophene rings is 1. The summed E-state index contributed by atoms with van der Waals surface area (Å²) in [6.07, 6.45) is 5.94. The maximum Gasteiger partial charge on any atom is 0.242 e. The molecule has 0 spiro atoms. The first-order valence-electron chi connectivity index (χ1n) is 7.44. The molecule has 0 amide bonds. The fourth-order valence-corrected chi connectivity index (χ4v) is 6.51. The Balaban J connectivity index is 1.94. The highest BCUT2D eigenvalue weighted by Crippen LogP contribution is 2.33. The summed E-state index contributed by atoms with van der Waals surface area (Å²) in [5, 5.41) is 0. The van der Waals surface area contributed by atoms with E-state index in [1.807, 2.05) is 0 Å². The van der Waals surface area contributed by atoms with Crippen LogP contribution < -0.4 is 10.5 Å². The summed E-state index contributed by atoms with van der Waals surface area (Å²) in [7, 11) is -3.44. The van der Waals surface area contributed by atoms with E-state index in [1.54, 1.807) is 6.07 Å². The van der Waals surface area contributed by atoms with E-state index in [1.165, 1.54) is 30.6 Å². The van der Waals surface area contributed by atoms with Gasteiger partial charge in [0.1, 0.15) is 4.90 Å². The van der Waals surface area contributed by atoms with Crippen molar-refractivity contribution in [2.45, 2.75) is 50.5 Å². The van der Waals surface area contributed by atoms with Gasteiger partial charge in [-0.1, -0.05) is 26.2 Å². The van der Waals surface area contributed by atoms with Crippen LogP contribution in [0, 0.1) is 11.8 Å². The monoisotopic (exact) mass is 394 g/mol. The van der Waals surface area contributed by atoms with Gasteiger partial charge >= 0.3 is 0 Å². The highest BCUT2D eigenvalue weighted by Gasteiger charge is 2.24. The Labute approximate surface area is 139 Å². The molecule has 0 aromatic carbocycles. The second kappa shape index (κ2) is 7.55. The third kappa shape index (κ3) is 4.51. The van der Waals surface area contributed by atoms with Crippen molar-refractivity contribution >= 4 is 37.3 Å². The Hall–Kier alpha value is 0.0500. The first kappa shape index (κ1) is 17.4. The molecule has 1 fully saturated rings. The quantitative estimate of drug-likeness (QED) is 0.775. The lowest BCUT2D eigenvalue weighted by molar-refractivity contribution is 0.270. The van der Waals surface area contributed by atoms with E-state index < -0.39 is 10.0 Å². The standard InChI is InChI=1S/C14H23BrN2O2S2/c1-2-10-3-5-11(6-4-10)9-17-21(18,19)13-7-12(8-16)20-14(13)15/h7,10-11,17H,2-6,8-9,16H2,1H3. The molecule has 0 saturated heterocycles. The molecule has 3 N–H and O–H groups in total. The molecule has 0 aliphatic heterocycles. The Morgan fingerprint density at radius 1 is 1.33 bits per heavy atom. The van der Waals surface area contributed by atoms with E-state index >= 15 is 0 Å². The van der Waals surface area contributed by atoms with Crippen LogP contribution in [0.4, 0.5) is 0 Å². The van der Waals surface area contributed by atoms with Crippen LogP contribution in [0.1, 0.15) is 43.9 Å². The average molecular weight is 395 g/mol. The molecule has 1 aliphatic carbocycles. The summed E-state index contributed by atoms with van der Waals surface area (Å²) in [6, 6.07) is 1.66. The Morgan fingerprint density at radius 2 is 1.95 bits per heavy atom. The number of nitrogens with two attached hydrogens (primary N) is 1. The van der Waals surface area contributed by atoms with Crippen molar-refractivity contribution < 1.29 is 8.42 Å². The van der Waals surface area contributed by atoms with Crippen LogP contribution in [0.25, 0.3) is 0 Å². The number of hydrogen-bond donors (Lipinski definition) is 2. The lowest BCUT2D eigenvalue weighted by Crippen LogP contribution is -2.31. The molecule has 1 heterocycles. The van der Waals surface area contributed by atoms with Gasteiger partial charge < -0.3 is 5.73 Å². The molecule has 0 radical (unpaired) electrons. The zero-order valence-corrected chi connectivity index (χ0v) is 15.5. The largest absolute Gasteiger partial charge is 0.326 e. The lowest BCUT2D eigenvalue weighted by atomic mass is 9.81. The minimum Gasteiger partial charge on any atom is -0.326 e. The summed E-state index contributed by atoms with van der Waals surface area (Å²) in [4.78, 5) is 1.18. The van der Waals surface area contributed by atoms with E-state index in [9.17, 15) is 8.42 Å². The zero-order valence-electron chi connectivity index (χ0n) is 12.3. The molecule has 1 saturated carbocycles. The second-order valence-electron chi connectivity index (χ2n) is 5.70. The van der Waals surface area contributed by atoms with Crippen LogP contribution in [0.2, 0.25) is 0 Å². The molecule has 4 nitrogen and oxygen atoms in total. The molecule has 0 atom stereocenters. The van der Waals surface area contributed by atoms with Crippen molar-refractivity contribution in [1.29, 1.82) is 0 Å². The maximum atomic E-state index is 12.4. The Kier molecular flexibility index (Phi) is 6.25. The average Bonchev–Trinajstić information content (AvgIpc) is 2.88. The Morgan fingerprint density at radius 3 is 2.48 bits per heavy atom. The molecule has 0 bridgehead atoms. The summed E-state index contributed by atoms with van der Waals surface area (Å²) in [5.41, 5.74) is 5.57. The number of sulfonamides is 1. The van der Waals surface area contributed by atoms with Crippen LogP contribution in [-0.2, 0) is 16.6 Å². The highest BCUT2D eigenvalue weighted by atomic mass is 79.9. The van der Waals surface area contributed by atoms with Gasteiger partial charge in [-0.05, 0) is 46.7 Å².